The van der Waals surface area contributed by atoms with E-state index in [1.807, 2.05) is 53.4 Å². The number of hydrogen-bond donors (Lipinski definition) is 3. The van der Waals surface area contributed by atoms with Gasteiger partial charge in [-0.3, -0.25) is 0 Å². The lowest BCUT2D eigenvalue weighted by Gasteiger charge is -2.45. The fraction of sp³-hybridized carbons (Fsp3) is 0.280. The van der Waals surface area contributed by atoms with Crippen LogP contribution in [0.4, 0.5) is 24.5 Å². The predicted molar refractivity (Wildman–Crippen MR) is 133 cm³/mol. The Labute approximate surface area is 216 Å². The van der Waals surface area contributed by atoms with Gasteiger partial charge in [0, 0.05) is 6.04 Å². The molecule has 3 aromatic carbocycles. The van der Waals surface area contributed by atoms with E-state index >= 15 is 0 Å². The fourth-order valence-corrected chi connectivity index (χ4v) is 6.45. The van der Waals surface area contributed by atoms with Gasteiger partial charge in [-0.2, -0.15) is 0 Å². The minimum atomic E-state index is -4.94. The fourth-order valence-electron chi connectivity index (χ4n) is 4.81. The number of alkyl halides is 3. The van der Waals surface area contributed by atoms with Crippen LogP contribution in [0.2, 0.25) is 5.02 Å². The van der Waals surface area contributed by atoms with E-state index in [4.69, 9.17) is 21.1 Å². The second kappa shape index (κ2) is 9.71. The van der Waals surface area contributed by atoms with E-state index in [0.717, 1.165) is 29.6 Å². The van der Waals surface area contributed by atoms with Crippen LogP contribution in [0, 0.1) is 4.78 Å². The molecule has 4 atom stereocenters. The van der Waals surface area contributed by atoms with Crippen molar-refractivity contribution >= 4 is 32.9 Å². The molecule has 7 nitrogen and oxygen atoms in total. The molecule has 3 N–H and O–H groups in total. The van der Waals surface area contributed by atoms with Gasteiger partial charge in [0.25, 0.3) is 0 Å². The van der Waals surface area contributed by atoms with Crippen molar-refractivity contribution in [2.45, 2.75) is 48.7 Å². The number of nitrogens with zero attached hydrogens (tertiary/aromatic N) is 1. The Balaban J connectivity index is 1.41. The zero-order valence-corrected chi connectivity index (χ0v) is 20.8. The molecule has 196 valence electrons. The molecule has 1 heterocycles. The molecule has 3 aromatic rings. The molecule has 1 fully saturated rings. The first kappa shape index (κ1) is 25.7. The van der Waals surface area contributed by atoms with Crippen LogP contribution in [0.3, 0.4) is 0 Å². The van der Waals surface area contributed by atoms with E-state index in [-0.39, 0.29) is 4.90 Å². The molecule has 0 aromatic heterocycles. The molecule has 12 heteroatoms. The van der Waals surface area contributed by atoms with Gasteiger partial charge in [0.15, 0.2) is 11.5 Å². The molecule has 4 unspecified atom stereocenters. The van der Waals surface area contributed by atoms with Gasteiger partial charge >= 0.3 is 6.36 Å². The van der Waals surface area contributed by atoms with Crippen LogP contribution in [0.1, 0.15) is 19.3 Å². The lowest BCUT2D eigenvalue weighted by Crippen LogP contribution is -2.55. The number of halogens is 4. The van der Waals surface area contributed by atoms with Crippen LogP contribution >= 0.6 is 11.6 Å². The largest absolute Gasteiger partial charge is 0.573 e. The molecule has 1 aliphatic carbocycles. The first-order valence-electron chi connectivity index (χ1n) is 11.5. The third-order valence-corrected chi connectivity index (χ3v) is 8.25. The lowest BCUT2D eigenvalue weighted by atomic mass is 9.86. The average Bonchev–Trinajstić information content (AvgIpc) is 2.84. The number of para-hydroxylation sites is 4. The summed E-state index contributed by atoms with van der Waals surface area (Å²) in [6.07, 6.45) is -4.21. The first-order valence-corrected chi connectivity index (χ1v) is 13.4. The van der Waals surface area contributed by atoms with E-state index in [9.17, 15) is 22.5 Å². The SMILES string of the molecule is N=S(=O)(NC1CCCC(N2c3ccccc3Oc3ccccc32)C1O)c1ccc(OC(F)(F)F)c(Cl)c1. The summed E-state index contributed by atoms with van der Waals surface area (Å²) in [5.41, 5.74) is 1.56. The normalized spacial score (nSPS) is 22.8. The Bertz CT molecular complexity index is 1370. The Kier molecular flexibility index (Phi) is 6.73. The molecular weight excluding hydrogens is 531 g/mol. The highest BCUT2D eigenvalue weighted by molar-refractivity contribution is 7.90. The van der Waals surface area contributed by atoms with Gasteiger partial charge in [-0.25, -0.2) is 13.7 Å². The number of fused-ring (bicyclic) bond motifs is 2. The summed E-state index contributed by atoms with van der Waals surface area (Å²) in [5, 5.41) is 11.0. The van der Waals surface area contributed by atoms with Crippen LogP contribution in [0.25, 0.3) is 0 Å². The summed E-state index contributed by atoms with van der Waals surface area (Å²) in [4.78, 5) is 1.89. The third kappa shape index (κ3) is 5.22. The predicted octanol–water partition coefficient (Wildman–Crippen LogP) is 6.37. The highest BCUT2D eigenvalue weighted by Gasteiger charge is 2.40. The van der Waals surface area contributed by atoms with Gasteiger partial charge in [-0.05, 0) is 61.7 Å². The first-order chi connectivity index (χ1) is 17.5. The van der Waals surface area contributed by atoms with Crippen molar-refractivity contribution in [3.63, 3.8) is 0 Å². The van der Waals surface area contributed by atoms with Gasteiger partial charge in [-0.1, -0.05) is 35.9 Å². The second-order valence-corrected chi connectivity index (χ2v) is 11.0. The van der Waals surface area contributed by atoms with Gasteiger partial charge in [0.1, 0.15) is 15.7 Å². The van der Waals surface area contributed by atoms with Crippen molar-refractivity contribution in [1.82, 2.24) is 4.72 Å². The number of aliphatic hydroxyl groups excluding tert-OH is 1. The summed E-state index contributed by atoms with van der Waals surface area (Å²) < 4.78 is 72.0. The molecule has 2 aliphatic rings. The minimum absolute atomic E-state index is 0.122. The summed E-state index contributed by atoms with van der Waals surface area (Å²) in [5.74, 6) is 0.627. The molecular formula is C25H23ClF3N3O4S. The van der Waals surface area contributed by atoms with E-state index in [2.05, 4.69) is 9.46 Å². The molecule has 0 amide bonds. The maximum Gasteiger partial charge on any atom is 0.573 e. The van der Waals surface area contributed by atoms with Crippen LogP contribution in [0.15, 0.2) is 71.6 Å². The zero-order valence-electron chi connectivity index (χ0n) is 19.2. The highest BCUT2D eigenvalue weighted by Crippen LogP contribution is 2.49. The molecule has 1 saturated carbocycles. The van der Waals surface area contributed by atoms with E-state index in [0.29, 0.717) is 30.8 Å². The molecule has 0 bridgehead atoms. The summed E-state index contributed by atoms with van der Waals surface area (Å²) in [7, 11) is -3.73. The van der Waals surface area contributed by atoms with Gasteiger partial charge in [0.05, 0.1) is 33.4 Å². The Morgan fingerprint density at radius 3 is 2.27 bits per heavy atom. The summed E-state index contributed by atoms with van der Waals surface area (Å²) in [6, 6.07) is 16.8. The van der Waals surface area contributed by atoms with Crippen LogP contribution < -0.4 is 19.1 Å². The number of nitrogens with one attached hydrogen (secondary N) is 2. The van der Waals surface area contributed by atoms with Crippen molar-refractivity contribution < 1.29 is 32.0 Å². The molecule has 0 radical (unpaired) electrons. The monoisotopic (exact) mass is 553 g/mol. The van der Waals surface area contributed by atoms with Crippen molar-refractivity contribution in [3.05, 3.63) is 71.8 Å². The number of anilines is 2. The molecule has 37 heavy (non-hydrogen) atoms. The Hall–Kier alpha value is -2.99. The molecule has 0 saturated heterocycles. The average molecular weight is 554 g/mol. The number of hydrogen-bond acceptors (Lipinski definition) is 6. The van der Waals surface area contributed by atoms with Crippen LogP contribution in [0.5, 0.6) is 17.2 Å². The lowest BCUT2D eigenvalue weighted by molar-refractivity contribution is -0.274. The zero-order chi connectivity index (χ0) is 26.4. The Morgan fingerprint density at radius 2 is 1.68 bits per heavy atom. The smallest absolute Gasteiger partial charge is 0.453 e. The standard InChI is InChI=1S/C25H23ClF3N3O4S/c26-16-14-15(12-13-21(16)36-25(27,28)29)37(30,34)31-17-6-5-9-20(24(17)33)32-18-7-1-3-10-22(18)35-23-11-4-2-8-19(23)32/h1-4,7-8,10-14,17,20,24,33H,5-6,9H2,(H2,30,31,34). The summed E-state index contributed by atoms with van der Waals surface area (Å²) in [6.45, 7) is 0. The van der Waals surface area contributed by atoms with E-state index in [1.54, 1.807) is 0 Å². The molecule has 5 rings (SSSR count). The van der Waals surface area contributed by atoms with Crippen molar-refractivity contribution in [3.8, 4) is 17.2 Å². The quantitative estimate of drug-likeness (QED) is 0.341. The van der Waals surface area contributed by atoms with Crippen LogP contribution in [-0.4, -0.2) is 33.9 Å². The highest BCUT2D eigenvalue weighted by atomic mass is 35.5. The van der Waals surface area contributed by atoms with Gasteiger partial charge in [0.2, 0.25) is 0 Å². The second-order valence-electron chi connectivity index (χ2n) is 8.82. The molecule has 1 aliphatic heterocycles. The van der Waals surface area contributed by atoms with E-state index in [1.165, 1.54) is 0 Å². The molecule has 0 spiro atoms. The maximum atomic E-state index is 13.3. The number of benzene rings is 3. The van der Waals surface area contributed by atoms with E-state index < -0.39 is 45.2 Å². The van der Waals surface area contributed by atoms with Gasteiger partial charge < -0.3 is 19.5 Å². The number of ether oxygens (including phenoxy) is 2. The van der Waals surface area contributed by atoms with Crippen molar-refractivity contribution in [2.75, 3.05) is 4.90 Å². The third-order valence-electron chi connectivity index (χ3n) is 6.40. The van der Waals surface area contributed by atoms with Gasteiger partial charge in [-0.15, -0.1) is 13.2 Å². The van der Waals surface area contributed by atoms with Crippen molar-refractivity contribution in [1.29, 1.82) is 4.78 Å². The Morgan fingerprint density at radius 1 is 1.05 bits per heavy atom. The topological polar surface area (TPSA) is 94.9 Å². The number of rotatable bonds is 5. The van der Waals surface area contributed by atoms with Crippen LogP contribution in [-0.2, 0) is 9.92 Å². The van der Waals surface area contributed by atoms with Crippen molar-refractivity contribution in [2.24, 2.45) is 0 Å². The number of aliphatic hydroxyl groups is 1. The summed E-state index contributed by atoms with van der Waals surface area (Å²) >= 11 is 5.90. The minimum Gasteiger partial charge on any atom is -0.453 e. The maximum absolute atomic E-state index is 13.3.